The van der Waals surface area contributed by atoms with Crippen molar-refractivity contribution in [2.75, 3.05) is 0 Å². The van der Waals surface area contributed by atoms with Crippen LogP contribution in [0, 0.1) is 5.82 Å². The number of carboxylic acid groups (broad SMARTS) is 1. The fourth-order valence-electron chi connectivity index (χ4n) is 0.918. The first-order chi connectivity index (χ1) is 6.85. The minimum absolute atomic E-state index is 0.635. The minimum atomic E-state index is -4.20. The summed E-state index contributed by atoms with van der Waals surface area (Å²) < 4.78 is 38.5. The highest BCUT2D eigenvalue weighted by Crippen LogP contribution is 2.28. The van der Waals surface area contributed by atoms with Crippen LogP contribution in [0.25, 0.3) is 0 Å². The van der Waals surface area contributed by atoms with Gasteiger partial charge in [0, 0.05) is 5.56 Å². The van der Waals surface area contributed by atoms with Crippen LogP contribution in [0.15, 0.2) is 24.3 Å². The van der Waals surface area contributed by atoms with Crippen LogP contribution in [0.4, 0.5) is 13.2 Å². The van der Waals surface area contributed by atoms with Crippen LogP contribution in [-0.4, -0.2) is 11.8 Å². The number of carbonyl (C=O) groups is 2. The van der Waals surface area contributed by atoms with Crippen molar-refractivity contribution in [2.24, 2.45) is 0 Å². The van der Waals surface area contributed by atoms with E-state index in [1.165, 1.54) is 0 Å². The van der Waals surface area contributed by atoms with E-state index in [-0.39, 0.29) is 0 Å². The second-order valence-corrected chi connectivity index (χ2v) is 2.70. The number of hydrogen-bond donors (Lipinski definition) is 0. The van der Waals surface area contributed by atoms with Crippen LogP contribution in [-0.2, 0) is 15.5 Å². The second kappa shape index (κ2) is 3.72. The molecule has 0 atom stereocenters. The Hall–Kier alpha value is -1.85. The number of hydrogen-bond acceptors (Lipinski definition) is 3. The molecule has 0 fully saturated rings. The van der Waals surface area contributed by atoms with Crippen LogP contribution >= 0.6 is 0 Å². The number of rotatable bonds is 3. The lowest BCUT2D eigenvalue weighted by atomic mass is 10.0. The van der Waals surface area contributed by atoms with E-state index >= 15 is 0 Å². The van der Waals surface area contributed by atoms with Crippen molar-refractivity contribution in [3.63, 3.8) is 0 Å². The number of carboxylic acids is 1. The molecule has 0 N–H and O–H groups in total. The summed E-state index contributed by atoms with van der Waals surface area (Å²) in [5.41, 5.74) is -0.891. The molecule has 0 saturated carbocycles. The van der Waals surface area contributed by atoms with E-state index in [9.17, 15) is 27.9 Å². The molecule has 0 aliphatic heterocycles. The van der Waals surface area contributed by atoms with Gasteiger partial charge in [-0.15, -0.1) is 0 Å². The number of benzene rings is 1. The molecule has 80 valence electrons. The van der Waals surface area contributed by atoms with Gasteiger partial charge in [-0.2, -0.15) is 8.78 Å². The topological polar surface area (TPSA) is 57.2 Å². The molecule has 0 aliphatic rings. The summed E-state index contributed by atoms with van der Waals surface area (Å²) in [7, 11) is 0. The lowest BCUT2D eigenvalue weighted by molar-refractivity contribution is -0.302. The molecule has 15 heavy (non-hydrogen) atoms. The smallest absolute Gasteiger partial charge is 0.336 e. The van der Waals surface area contributed by atoms with Crippen molar-refractivity contribution >= 4 is 11.8 Å². The summed E-state index contributed by atoms with van der Waals surface area (Å²) in [5, 5.41) is 9.97. The van der Waals surface area contributed by atoms with E-state index in [0.717, 1.165) is 0 Å². The molecule has 1 aromatic carbocycles. The molecule has 1 rings (SSSR count). The molecule has 0 aliphatic carbocycles. The van der Waals surface area contributed by atoms with Gasteiger partial charge in [0.2, 0.25) is 0 Å². The number of carbonyl (C=O) groups excluding carboxylic acids is 2. The first-order valence-electron chi connectivity index (χ1n) is 3.75. The van der Waals surface area contributed by atoms with Crippen LogP contribution in [0.5, 0.6) is 0 Å². The standard InChI is InChI=1S/C9H5F3O3/c10-6-3-1-5(2-4-6)9(11,12)7(13)8(14)15/h1-4H,(H,14,15)/p-1. The SMILES string of the molecule is O=C([O-])C(=O)C(F)(F)c1ccc(F)cc1. The molecule has 0 saturated heterocycles. The summed E-state index contributed by atoms with van der Waals surface area (Å²) in [6.45, 7) is 0. The van der Waals surface area contributed by atoms with Crippen molar-refractivity contribution < 1.29 is 27.9 Å². The van der Waals surface area contributed by atoms with Crippen LogP contribution < -0.4 is 5.11 Å². The van der Waals surface area contributed by atoms with E-state index in [1.54, 1.807) is 0 Å². The molecule has 1 aromatic rings. The highest BCUT2D eigenvalue weighted by atomic mass is 19.3. The summed E-state index contributed by atoms with van der Waals surface area (Å²) in [4.78, 5) is 20.5. The van der Waals surface area contributed by atoms with Gasteiger partial charge in [0.1, 0.15) is 11.8 Å². The molecule has 0 spiro atoms. The van der Waals surface area contributed by atoms with Gasteiger partial charge in [-0.3, -0.25) is 4.79 Å². The second-order valence-electron chi connectivity index (χ2n) is 2.70. The molecule has 0 radical (unpaired) electrons. The fourth-order valence-corrected chi connectivity index (χ4v) is 0.918. The fraction of sp³-hybridized carbons (Fsp3) is 0.111. The molecular formula is C9H4F3O3-. The quantitative estimate of drug-likeness (QED) is 0.681. The van der Waals surface area contributed by atoms with E-state index < -0.39 is 29.1 Å². The highest BCUT2D eigenvalue weighted by Gasteiger charge is 2.41. The Morgan fingerprint density at radius 2 is 1.60 bits per heavy atom. The van der Waals surface area contributed by atoms with E-state index in [1.807, 2.05) is 0 Å². The van der Waals surface area contributed by atoms with Crippen molar-refractivity contribution in [1.82, 2.24) is 0 Å². The third-order valence-corrected chi connectivity index (χ3v) is 1.68. The lowest BCUT2D eigenvalue weighted by Crippen LogP contribution is -2.41. The number of ketones is 1. The van der Waals surface area contributed by atoms with Crippen LogP contribution in [0.1, 0.15) is 5.56 Å². The maximum absolute atomic E-state index is 13.0. The Labute approximate surface area is 82.1 Å². The number of Topliss-reactive ketones (excluding diaryl/α,β-unsaturated/α-hetero) is 1. The normalized spacial score (nSPS) is 11.1. The maximum Gasteiger partial charge on any atom is 0.336 e. The van der Waals surface area contributed by atoms with Crippen molar-refractivity contribution in [3.8, 4) is 0 Å². The summed E-state index contributed by atoms with van der Waals surface area (Å²) in [6.07, 6.45) is 0. The van der Waals surface area contributed by atoms with Gasteiger partial charge in [-0.1, -0.05) is 0 Å². The van der Waals surface area contributed by atoms with Crippen molar-refractivity contribution in [1.29, 1.82) is 0 Å². The van der Waals surface area contributed by atoms with E-state index in [4.69, 9.17) is 0 Å². The molecule has 6 heteroatoms. The Bertz CT molecular complexity index is 398. The van der Waals surface area contributed by atoms with Gasteiger partial charge >= 0.3 is 5.92 Å². The van der Waals surface area contributed by atoms with Gasteiger partial charge < -0.3 is 9.90 Å². The number of aliphatic carboxylic acids is 1. The van der Waals surface area contributed by atoms with E-state index in [2.05, 4.69) is 0 Å². The lowest BCUT2D eigenvalue weighted by Gasteiger charge is -2.15. The highest BCUT2D eigenvalue weighted by molar-refractivity contribution is 6.34. The largest absolute Gasteiger partial charge is 0.542 e. The number of halogens is 3. The molecular weight excluding hydrogens is 213 g/mol. The zero-order valence-electron chi connectivity index (χ0n) is 7.17. The van der Waals surface area contributed by atoms with Gasteiger partial charge in [0.25, 0.3) is 5.78 Å². The third-order valence-electron chi connectivity index (χ3n) is 1.68. The Morgan fingerprint density at radius 3 is 2.00 bits per heavy atom. The number of alkyl halides is 2. The third kappa shape index (κ3) is 2.15. The zero-order chi connectivity index (χ0) is 11.6. The summed E-state index contributed by atoms with van der Waals surface area (Å²) >= 11 is 0. The first-order valence-corrected chi connectivity index (χ1v) is 3.75. The molecule has 0 heterocycles. The maximum atomic E-state index is 13.0. The summed E-state index contributed by atoms with van der Waals surface area (Å²) in [6, 6.07) is 2.67. The monoisotopic (exact) mass is 217 g/mol. The minimum Gasteiger partial charge on any atom is -0.542 e. The molecule has 0 bridgehead atoms. The van der Waals surface area contributed by atoms with Crippen LogP contribution in [0.3, 0.4) is 0 Å². The zero-order valence-corrected chi connectivity index (χ0v) is 7.17. The van der Waals surface area contributed by atoms with Gasteiger partial charge in [0.05, 0.1) is 0 Å². The van der Waals surface area contributed by atoms with Gasteiger partial charge in [0.15, 0.2) is 0 Å². The molecule has 0 amide bonds. The van der Waals surface area contributed by atoms with Gasteiger partial charge in [-0.25, -0.2) is 4.39 Å². The average molecular weight is 217 g/mol. The van der Waals surface area contributed by atoms with E-state index in [0.29, 0.717) is 24.3 Å². The molecule has 0 aromatic heterocycles. The average Bonchev–Trinajstić information content (AvgIpc) is 2.17. The predicted octanol–water partition coefficient (Wildman–Crippen LogP) is 0.236. The van der Waals surface area contributed by atoms with Crippen LogP contribution in [0.2, 0.25) is 0 Å². The Morgan fingerprint density at radius 1 is 1.13 bits per heavy atom. The summed E-state index contributed by atoms with van der Waals surface area (Å²) in [5.74, 6) is -9.80. The van der Waals surface area contributed by atoms with Crippen molar-refractivity contribution in [3.05, 3.63) is 35.6 Å². The Kier molecular flexibility index (Phi) is 2.78. The Balaban J connectivity index is 3.10. The molecule has 0 unspecified atom stereocenters. The van der Waals surface area contributed by atoms with Crippen molar-refractivity contribution in [2.45, 2.75) is 5.92 Å². The molecule has 3 nitrogen and oxygen atoms in total. The first kappa shape index (κ1) is 11.2. The predicted molar refractivity (Wildman–Crippen MR) is 40.3 cm³/mol. The van der Waals surface area contributed by atoms with Gasteiger partial charge in [-0.05, 0) is 24.3 Å².